The maximum atomic E-state index is 14.0. The normalized spacial score (nSPS) is 15.9. The zero-order valence-electron chi connectivity index (χ0n) is 22.8. The van der Waals surface area contributed by atoms with Crippen LogP contribution in [0.2, 0.25) is 0 Å². The van der Waals surface area contributed by atoms with Crippen molar-refractivity contribution in [3.8, 4) is 0 Å². The van der Waals surface area contributed by atoms with E-state index in [0.717, 1.165) is 5.56 Å². The first-order chi connectivity index (χ1) is 18.7. The highest BCUT2D eigenvalue weighted by molar-refractivity contribution is 6.15. The van der Waals surface area contributed by atoms with Crippen molar-refractivity contribution in [2.24, 2.45) is 11.8 Å². The minimum absolute atomic E-state index is 0.0496. The predicted octanol–water partition coefficient (Wildman–Crippen LogP) is 4.65. The average molecular weight is 526 g/mol. The molecule has 1 aliphatic heterocycles. The van der Waals surface area contributed by atoms with Crippen molar-refractivity contribution in [1.82, 2.24) is 5.32 Å². The number of nitrogens with zero attached hydrogens (tertiary/aromatic N) is 1. The second kappa shape index (κ2) is 12.2. The van der Waals surface area contributed by atoms with Gasteiger partial charge in [-0.2, -0.15) is 0 Å². The molecule has 0 aromatic heterocycles. The minimum atomic E-state index is -0.812. The first-order valence-electron chi connectivity index (χ1n) is 13.3. The average Bonchev–Trinajstić information content (AvgIpc) is 3.35. The molecule has 2 N–H and O–H groups in total. The molecule has 0 bridgehead atoms. The number of fused-ring (bicyclic) bond motifs is 1. The fraction of sp³-hybridized carbons (Fsp3) is 0.312. The Morgan fingerprint density at radius 3 is 2.21 bits per heavy atom. The van der Waals surface area contributed by atoms with Crippen molar-refractivity contribution in [2.45, 2.75) is 45.7 Å². The molecular formula is C32H35N3O4. The number of carbonyl (C=O) groups is 4. The summed E-state index contributed by atoms with van der Waals surface area (Å²) in [6.45, 7) is 5.62. The molecule has 0 saturated heterocycles. The summed E-state index contributed by atoms with van der Waals surface area (Å²) in [5, 5.41) is 5.88. The summed E-state index contributed by atoms with van der Waals surface area (Å²) in [4.78, 5) is 55.4. The van der Waals surface area contributed by atoms with E-state index < -0.39 is 12.0 Å². The van der Waals surface area contributed by atoms with Gasteiger partial charge in [0.15, 0.2) is 5.78 Å². The lowest BCUT2D eigenvalue weighted by Gasteiger charge is -2.31. The number of likely N-dealkylation sites (N-methyl/N-ethyl adjacent to an activating group) is 1. The number of hydrogen-bond donors (Lipinski definition) is 2. The van der Waals surface area contributed by atoms with Crippen LogP contribution in [0.4, 0.5) is 11.4 Å². The molecule has 3 aromatic carbocycles. The summed E-state index contributed by atoms with van der Waals surface area (Å²) in [5.41, 5.74) is 2.84. The van der Waals surface area contributed by atoms with Gasteiger partial charge in [-0.1, -0.05) is 74.5 Å². The van der Waals surface area contributed by atoms with Gasteiger partial charge < -0.3 is 10.6 Å². The quantitative estimate of drug-likeness (QED) is 0.376. The predicted molar refractivity (Wildman–Crippen MR) is 153 cm³/mol. The van der Waals surface area contributed by atoms with Gasteiger partial charge in [0.1, 0.15) is 11.8 Å². The van der Waals surface area contributed by atoms with E-state index >= 15 is 0 Å². The van der Waals surface area contributed by atoms with Crippen molar-refractivity contribution in [1.29, 1.82) is 0 Å². The molecule has 202 valence electrons. The van der Waals surface area contributed by atoms with Crippen molar-refractivity contribution in [2.75, 3.05) is 17.3 Å². The van der Waals surface area contributed by atoms with Gasteiger partial charge >= 0.3 is 0 Å². The molecule has 0 radical (unpaired) electrons. The molecule has 1 aliphatic rings. The van der Waals surface area contributed by atoms with Crippen LogP contribution in [-0.4, -0.2) is 42.5 Å². The van der Waals surface area contributed by atoms with Crippen molar-refractivity contribution in [3.63, 3.8) is 0 Å². The van der Waals surface area contributed by atoms with Gasteiger partial charge in [-0.3, -0.25) is 24.1 Å². The number of anilines is 2. The summed E-state index contributed by atoms with van der Waals surface area (Å²) in [7, 11) is 1.71. The zero-order valence-corrected chi connectivity index (χ0v) is 22.8. The summed E-state index contributed by atoms with van der Waals surface area (Å²) in [6, 6.07) is 22.1. The smallest absolute Gasteiger partial charge is 0.247 e. The first kappa shape index (κ1) is 27.9. The number of nitrogens with one attached hydrogen (secondary N) is 2. The molecule has 0 unspecified atom stereocenters. The van der Waals surface area contributed by atoms with Gasteiger partial charge in [0.05, 0.1) is 11.7 Å². The molecule has 7 nitrogen and oxygen atoms in total. The Hall–Kier alpha value is -4.10. The first-order valence-corrected chi connectivity index (χ1v) is 13.3. The molecule has 3 atom stereocenters. The Kier molecular flexibility index (Phi) is 8.72. The third-order valence-electron chi connectivity index (χ3n) is 7.44. The number of para-hydroxylation sites is 2. The molecule has 1 heterocycles. The highest BCUT2D eigenvalue weighted by atomic mass is 16.2. The molecule has 0 fully saturated rings. The fourth-order valence-corrected chi connectivity index (χ4v) is 4.96. The van der Waals surface area contributed by atoms with E-state index in [9.17, 15) is 19.2 Å². The fourth-order valence-electron chi connectivity index (χ4n) is 4.96. The van der Waals surface area contributed by atoms with Crippen LogP contribution in [0.1, 0.15) is 48.7 Å². The van der Waals surface area contributed by atoms with Gasteiger partial charge in [-0.25, -0.2) is 0 Å². The Morgan fingerprint density at radius 1 is 0.872 bits per heavy atom. The van der Waals surface area contributed by atoms with E-state index in [1.165, 1.54) is 0 Å². The molecule has 2 amide bonds. The monoisotopic (exact) mass is 525 g/mol. The lowest BCUT2D eigenvalue weighted by Crippen LogP contribution is -2.49. The van der Waals surface area contributed by atoms with E-state index in [4.69, 9.17) is 0 Å². The van der Waals surface area contributed by atoms with Gasteiger partial charge in [-0.15, -0.1) is 0 Å². The van der Waals surface area contributed by atoms with E-state index in [1.54, 1.807) is 67.4 Å². The molecule has 0 saturated carbocycles. The van der Waals surface area contributed by atoms with E-state index in [2.05, 4.69) is 10.6 Å². The van der Waals surface area contributed by atoms with Crippen LogP contribution in [0.5, 0.6) is 0 Å². The number of amides is 2. The lowest BCUT2D eigenvalue weighted by molar-refractivity contribution is -0.130. The van der Waals surface area contributed by atoms with Crippen LogP contribution in [0.15, 0.2) is 78.9 Å². The van der Waals surface area contributed by atoms with Crippen LogP contribution in [0.25, 0.3) is 0 Å². The number of carbonyl (C=O) groups excluding carboxylic acids is 4. The Morgan fingerprint density at radius 2 is 1.51 bits per heavy atom. The van der Waals surface area contributed by atoms with E-state index in [1.807, 2.05) is 44.2 Å². The molecule has 0 aliphatic carbocycles. The van der Waals surface area contributed by atoms with Gasteiger partial charge in [0.2, 0.25) is 11.8 Å². The Labute approximate surface area is 229 Å². The summed E-state index contributed by atoms with van der Waals surface area (Å²) in [6.07, 6.45) is 0.425. The van der Waals surface area contributed by atoms with Gasteiger partial charge in [0, 0.05) is 35.6 Å². The van der Waals surface area contributed by atoms with Crippen molar-refractivity contribution < 1.29 is 19.2 Å². The van der Waals surface area contributed by atoms with Gasteiger partial charge in [0.25, 0.3) is 0 Å². The number of hydrogen-bond acceptors (Lipinski definition) is 5. The van der Waals surface area contributed by atoms with Crippen LogP contribution in [0, 0.1) is 11.8 Å². The second-order valence-electron chi connectivity index (χ2n) is 10.3. The van der Waals surface area contributed by atoms with Crippen LogP contribution in [0.3, 0.4) is 0 Å². The third kappa shape index (κ3) is 5.99. The van der Waals surface area contributed by atoms with Gasteiger partial charge in [-0.05, 0) is 43.7 Å². The molecular weight excluding hydrogens is 490 g/mol. The summed E-state index contributed by atoms with van der Waals surface area (Å²) >= 11 is 0. The molecule has 39 heavy (non-hydrogen) atoms. The molecule has 4 rings (SSSR count). The van der Waals surface area contributed by atoms with Crippen molar-refractivity contribution in [3.05, 3.63) is 95.6 Å². The third-order valence-corrected chi connectivity index (χ3v) is 7.44. The SMILES string of the molecule is CN[C@@H](C)C(=O)C[C@H](C(=O)N1c2ccccc2C[C@H]1C(=O)Nc1ccccc1C(=O)c1ccccc1)C(C)C. The second-order valence-corrected chi connectivity index (χ2v) is 10.3. The summed E-state index contributed by atoms with van der Waals surface area (Å²) in [5.74, 6) is -1.57. The highest BCUT2D eigenvalue weighted by Crippen LogP contribution is 2.36. The zero-order chi connectivity index (χ0) is 28.1. The minimum Gasteiger partial charge on any atom is -0.324 e. The molecule has 3 aromatic rings. The maximum absolute atomic E-state index is 14.0. The Balaban J connectivity index is 1.64. The number of ketones is 2. The highest BCUT2D eigenvalue weighted by Gasteiger charge is 2.42. The van der Waals surface area contributed by atoms with E-state index in [0.29, 0.717) is 28.9 Å². The van der Waals surface area contributed by atoms with Crippen LogP contribution < -0.4 is 15.5 Å². The largest absolute Gasteiger partial charge is 0.324 e. The van der Waals surface area contributed by atoms with E-state index in [-0.39, 0.29) is 41.8 Å². The van der Waals surface area contributed by atoms with Crippen molar-refractivity contribution >= 4 is 34.8 Å². The number of rotatable bonds is 10. The topological polar surface area (TPSA) is 95.6 Å². The number of Topliss-reactive ketones (excluding diaryl/α,β-unsaturated/α-hetero) is 1. The maximum Gasteiger partial charge on any atom is 0.247 e. The lowest BCUT2D eigenvalue weighted by atomic mass is 9.87. The molecule has 7 heteroatoms. The molecule has 0 spiro atoms. The summed E-state index contributed by atoms with van der Waals surface area (Å²) < 4.78 is 0. The number of benzene rings is 3. The van der Waals surface area contributed by atoms with Crippen LogP contribution in [-0.2, 0) is 20.8 Å². The standard InChI is InChI=1S/C32H35N3O4/c1-20(2)25(19-29(36)21(3)33-4)32(39)35-27-17-11-8-14-23(27)18-28(35)31(38)34-26-16-10-9-15-24(26)30(37)22-12-6-5-7-13-22/h5-17,20-21,25,28,33H,18-19H2,1-4H3,(H,34,38)/t21-,25-,28-/m0/s1. The van der Waals surface area contributed by atoms with Crippen LogP contribution >= 0.6 is 0 Å². The Bertz CT molecular complexity index is 1370.